The van der Waals surface area contributed by atoms with Crippen LogP contribution < -0.4 is 14.8 Å². The summed E-state index contributed by atoms with van der Waals surface area (Å²) in [6, 6.07) is 10.3. The van der Waals surface area contributed by atoms with Gasteiger partial charge in [-0.1, -0.05) is 18.2 Å². The van der Waals surface area contributed by atoms with Gasteiger partial charge in [0.1, 0.15) is 5.75 Å². The first-order valence-corrected chi connectivity index (χ1v) is 5.19. The van der Waals surface area contributed by atoms with Gasteiger partial charge in [0.2, 0.25) is 11.8 Å². The van der Waals surface area contributed by atoms with Crippen molar-refractivity contribution >= 4 is 12.0 Å². The highest BCUT2D eigenvalue weighted by Gasteiger charge is 2.07. The second-order valence-electron chi connectivity index (χ2n) is 3.25. The van der Waals surface area contributed by atoms with Crippen molar-refractivity contribution < 1.29 is 14.3 Å². The molecule has 0 atom stereocenters. The topological polar surface area (TPSA) is 73.3 Å². The van der Waals surface area contributed by atoms with Crippen molar-refractivity contribution in [1.29, 1.82) is 0 Å². The molecule has 0 bridgehead atoms. The summed E-state index contributed by atoms with van der Waals surface area (Å²) in [5.74, 6) is 0.924. The highest BCUT2D eigenvalue weighted by Crippen LogP contribution is 2.11. The first-order chi connectivity index (χ1) is 8.78. The molecule has 0 aliphatic rings. The number of anilines is 1. The van der Waals surface area contributed by atoms with E-state index in [1.54, 1.807) is 30.3 Å². The Bertz CT molecular complexity index is 531. The summed E-state index contributed by atoms with van der Waals surface area (Å²) < 4.78 is 9.93. The van der Waals surface area contributed by atoms with Crippen LogP contribution in [0.4, 0.5) is 10.7 Å². The van der Waals surface area contributed by atoms with Gasteiger partial charge in [0.25, 0.3) is 0 Å². The van der Waals surface area contributed by atoms with Crippen molar-refractivity contribution in [2.24, 2.45) is 0 Å². The lowest BCUT2D eigenvalue weighted by Gasteiger charge is -2.05. The maximum atomic E-state index is 11.5. The minimum atomic E-state index is -0.658. The van der Waals surface area contributed by atoms with Gasteiger partial charge >= 0.3 is 6.09 Å². The zero-order valence-corrected chi connectivity index (χ0v) is 9.66. The monoisotopic (exact) mass is 245 g/mol. The largest absolute Gasteiger partial charge is 0.481 e. The molecule has 0 aliphatic heterocycles. The van der Waals surface area contributed by atoms with Crippen LogP contribution in [0, 0.1) is 0 Å². The number of hydrogen-bond acceptors (Lipinski definition) is 5. The minimum absolute atomic E-state index is 0.121. The molecular weight excluding hydrogens is 234 g/mol. The third-order valence-electron chi connectivity index (χ3n) is 2.01. The lowest BCUT2D eigenvalue weighted by Crippen LogP contribution is -2.18. The van der Waals surface area contributed by atoms with Crippen LogP contribution >= 0.6 is 0 Å². The molecule has 2 aromatic rings. The van der Waals surface area contributed by atoms with Crippen LogP contribution in [0.1, 0.15) is 0 Å². The summed E-state index contributed by atoms with van der Waals surface area (Å²) in [6.45, 7) is 0. The molecule has 0 aliphatic carbocycles. The maximum Gasteiger partial charge on any atom is 0.419 e. The van der Waals surface area contributed by atoms with Crippen molar-refractivity contribution in [2.45, 2.75) is 0 Å². The molecule has 1 aromatic heterocycles. The molecular formula is C12H11N3O3. The number of ether oxygens (including phenoxy) is 2. The lowest BCUT2D eigenvalue weighted by atomic mass is 10.3. The van der Waals surface area contributed by atoms with Crippen LogP contribution in [0.5, 0.6) is 11.6 Å². The summed E-state index contributed by atoms with van der Waals surface area (Å²) in [5.41, 5.74) is 0. The number of aromatic nitrogens is 2. The normalized spacial score (nSPS) is 9.61. The summed E-state index contributed by atoms with van der Waals surface area (Å²) in [6.07, 6.45) is 0.818. The van der Waals surface area contributed by atoms with Gasteiger partial charge in [-0.25, -0.2) is 9.78 Å². The van der Waals surface area contributed by atoms with E-state index in [1.807, 2.05) is 6.07 Å². The smallest absolute Gasteiger partial charge is 0.419 e. The van der Waals surface area contributed by atoms with E-state index in [9.17, 15) is 4.79 Å². The Morgan fingerprint density at radius 2 is 2.00 bits per heavy atom. The molecule has 1 aromatic carbocycles. The summed E-state index contributed by atoms with van der Waals surface area (Å²) in [7, 11) is 1.48. The molecule has 2 rings (SSSR count). The first kappa shape index (κ1) is 11.8. The molecule has 0 saturated heterocycles. The predicted octanol–water partition coefficient (Wildman–Crippen LogP) is 2.10. The van der Waals surface area contributed by atoms with Gasteiger partial charge in [-0.05, 0) is 12.1 Å². The number of hydrogen-bond donors (Lipinski definition) is 1. The highest BCUT2D eigenvalue weighted by atomic mass is 16.6. The maximum absolute atomic E-state index is 11.5. The van der Waals surface area contributed by atoms with E-state index in [1.165, 1.54) is 13.3 Å². The Morgan fingerprint density at radius 3 is 2.72 bits per heavy atom. The minimum Gasteiger partial charge on any atom is -0.481 e. The Kier molecular flexibility index (Phi) is 3.70. The number of methoxy groups -OCH3 is 1. The van der Waals surface area contributed by atoms with E-state index in [-0.39, 0.29) is 5.95 Å². The summed E-state index contributed by atoms with van der Waals surface area (Å²) >= 11 is 0. The Balaban J connectivity index is 1.99. The summed E-state index contributed by atoms with van der Waals surface area (Å²) in [4.78, 5) is 19.3. The van der Waals surface area contributed by atoms with Crippen LogP contribution in [0.2, 0.25) is 0 Å². The van der Waals surface area contributed by atoms with Crippen LogP contribution in [0.25, 0.3) is 0 Å². The number of nitrogens with one attached hydrogen (secondary N) is 1. The number of para-hydroxylation sites is 1. The Morgan fingerprint density at radius 1 is 1.22 bits per heavy atom. The first-order valence-electron chi connectivity index (χ1n) is 5.19. The van der Waals surface area contributed by atoms with E-state index in [4.69, 9.17) is 9.47 Å². The SMILES string of the molecule is COc1ccnc(NC(=O)Oc2ccccc2)n1. The molecule has 92 valence electrons. The van der Waals surface area contributed by atoms with Crippen LogP contribution in [0.3, 0.4) is 0 Å². The van der Waals surface area contributed by atoms with Crippen molar-refractivity contribution in [3.8, 4) is 11.6 Å². The average Bonchev–Trinajstić information content (AvgIpc) is 2.40. The summed E-state index contributed by atoms with van der Waals surface area (Å²) in [5, 5.41) is 2.40. The second-order valence-corrected chi connectivity index (χ2v) is 3.25. The van der Waals surface area contributed by atoms with E-state index in [2.05, 4.69) is 15.3 Å². The van der Waals surface area contributed by atoms with Gasteiger partial charge in [-0.3, -0.25) is 5.32 Å². The quantitative estimate of drug-likeness (QED) is 0.896. The Labute approximate surface area is 104 Å². The number of nitrogens with zero attached hydrogens (tertiary/aromatic N) is 2. The van der Waals surface area contributed by atoms with E-state index in [0.29, 0.717) is 11.6 Å². The van der Waals surface area contributed by atoms with Gasteiger partial charge in [0.05, 0.1) is 7.11 Å². The Hall–Kier alpha value is -2.63. The number of benzene rings is 1. The number of carbonyl (C=O) groups is 1. The molecule has 1 amide bonds. The molecule has 0 radical (unpaired) electrons. The lowest BCUT2D eigenvalue weighted by molar-refractivity contribution is 0.215. The van der Waals surface area contributed by atoms with Crippen LogP contribution in [-0.2, 0) is 0 Å². The van der Waals surface area contributed by atoms with Crippen molar-refractivity contribution in [3.63, 3.8) is 0 Å². The average molecular weight is 245 g/mol. The molecule has 1 heterocycles. The van der Waals surface area contributed by atoms with E-state index in [0.717, 1.165) is 0 Å². The highest BCUT2D eigenvalue weighted by molar-refractivity contribution is 5.84. The van der Waals surface area contributed by atoms with Crippen LogP contribution in [-0.4, -0.2) is 23.2 Å². The van der Waals surface area contributed by atoms with Crippen molar-refractivity contribution in [2.75, 3.05) is 12.4 Å². The van der Waals surface area contributed by atoms with Gasteiger partial charge in [-0.2, -0.15) is 4.98 Å². The zero-order valence-electron chi connectivity index (χ0n) is 9.66. The van der Waals surface area contributed by atoms with E-state index >= 15 is 0 Å². The van der Waals surface area contributed by atoms with Crippen LogP contribution in [0.15, 0.2) is 42.6 Å². The predicted molar refractivity (Wildman–Crippen MR) is 64.7 cm³/mol. The van der Waals surface area contributed by atoms with Gasteiger partial charge in [0.15, 0.2) is 0 Å². The van der Waals surface area contributed by atoms with Gasteiger partial charge in [0, 0.05) is 12.3 Å². The number of amides is 1. The fourth-order valence-corrected chi connectivity index (χ4v) is 1.23. The molecule has 0 unspecified atom stereocenters. The third kappa shape index (κ3) is 3.18. The molecule has 1 N–H and O–H groups in total. The molecule has 18 heavy (non-hydrogen) atoms. The van der Waals surface area contributed by atoms with Gasteiger partial charge < -0.3 is 9.47 Å². The number of rotatable bonds is 3. The van der Waals surface area contributed by atoms with Crippen molar-refractivity contribution in [1.82, 2.24) is 9.97 Å². The number of carbonyl (C=O) groups excluding carboxylic acids is 1. The fourth-order valence-electron chi connectivity index (χ4n) is 1.23. The standard InChI is InChI=1S/C12H11N3O3/c1-17-10-7-8-13-11(14-10)15-12(16)18-9-5-3-2-4-6-9/h2-8H,1H3,(H,13,14,15,16). The fraction of sp³-hybridized carbons (Fsp3) is 0.0833. The zero-order chi connectivity index (χ0) is 12.8. The third-order valence-corrected chi connectivity index (χ3v) is 2.01. The second kappa shape index (κ2) is 5.62. The molecule has 0 fully saturated rings. The molecule has 6 nitrogen and oxygen atoms in total. The van der Waals surface area contributed by atoms with E-state index < -0.39 is 6.09 Å². The molecule has 0 spiro atoms. The molecule has 0 saturated carbocycles. The molecule has 6 heteroatoms. The van der Waals surface area contributed by atoms with Gasteiger partial charge in [-0.15, -0.1) is 0 Å². The van der Waals surface area contributed by atoms with Crippen molar-refractivity contribution in [3.05, 3.63) is 42.6 Å².